The number of benzene rings is 4. The summed E-state index contributed by atoms with van der Waals surface area (Å²) in [7, 11) is 0. The molecule has 4 aromatic carbocycles. The molecular weight excluding hydrogens is 713 g/mol. The number of nitrogens with zero attached hydrogens (tertiary/aromatic N) is 6. The summed E-state index contributed by atoms with van der Waals surface area (Å²) in [6, 6.07) is 20.3. The van der Waals surface area contributed by atoms with E-state index in [1.807, 2.05) is 30.3 Å². The van der Waals surface area contributed by atoms with Crippen molar-refractivity contribution in [3.05, 3.63) is 111 Å². The van der Waals surface area contributed by atoms with Gasteiger partial charge >= 0.3 is 6.18 Å². The van der Waals surface area contributed by atoms with Gasteiger partial charge in [0.1, 0.15) is 17.6 Å². The molecule has 6 aromatic rings. The van der Waals surface area contributed by atoms with Crippen molar-refractivity contribution in [3.63, 3.8) is 0 Å². The van der Waals surface area contributed by atoms with Crippen molar-refractivity contribution in [1.29, 1.82) is 5.26 Å². The molecule has 0 saturated carbocycles. The first-order valence-electron chi connectivity index (χ1n) is 17.7. The van der Waals surface area contributed by atoms with E-state index in [0.717, 1.165) is 52.3 Å². The first kappa shape index (κ1) is 35.5. The second kappa shape index (κ2) is 14.4. The number of aromatic nitrogens is 4. The Morgan fingerprint density at radius 3 is 2.27 bits per heavy atom. The lowest BCUT2D eigenvalue weighted by Crippen LogP contribution is -2.09. The van der Waals surface area contributed by atoms with Crippen molar-refractivity contribution >= 4 is 0 Å². The van der Waals surface area contributed by atoms with Gasteiger partial charge in [0.15, 0.2) is 0 Å². The molecule has 0 spiro atoms. The molecule has 2 aliphatic rings. The molecule has 2 unspecified atom stereocenters. The minimum Gasteiger partial charge on any atom is -0.493 e. The molecule has 0 radical (unpaired) electrons. The quantitative estimate of drug-likeness (QED) is 0.144. The summed E-state index contributed by atoms with van der Waals surface area (Å²) in [6.07, 6.45) is -2.31. The second-order valence-corrected chi connectivity index (χ2v) is 13.2. The lowest BCUT2D eigenvalue weighted by Gasteiger charge is -2.15. The molecule has 0 amide bonds. The Morgan fingerprint density at radius 2 is 1.58 bits per heavy atom. The molecule has 14 heteroatoms. The van der Waals surface area contributed by atoms with E-state index in [0.29, 0.717) is 42.0 Å². The van der Waals surface area contributed by atoms with Crippen LogP contribution in [0, 0.1) is 17.9 Å². The highest BCUT2D eigenvalue weighted by atomic mass is 19.4. The van der Waals surface area contributed by atoms with Gasteiger partial charge in [-0.3, -0.25) is 0 Å². The molecule has 0 fully saturated rings. The number of nitriles is 1. The van der Waals surface area contributed by atoms with Gasteiger partial charge in [-0.25, -0.2) is 0 Å². The average molecular weight is 746 g/mol. The van der Waals surface area contributed by atoms with Crippen LogP contribution in [0.25, 0.3) is 50.5 Å². The Bertz CT molecular complexity index is 2510. The summed E-state index contributed by atoms with van der Waals surface area (Å²) in [5.74, 6) is 0.910. The van der Waals surface area contributed by atoms with Gasteiger partial charge in [-0.15, -0.1) is 0 Å². The Balaban J connectivity index is 0.979. The monoisotopic (exact) mass is 745 g/mol. The number of halogens is 3. The average Bonchev–Trinajstić information content (AvgIpc) is 4.02. The third-order valence-electron chi connectivity index (χ3n) is 10.0. The molecule has 2 heterocycles. The van der Waals surface area contributed by atoms with Gasteiger partial charge in [0.2, 0.25) is 11.6 Å². The fraction of sp³-hybridized carbons (Fsp3) is 0.268. The van der Waals surface area contributed by atoms with Crippen LogP contribution in [0.15, 0.2) is 75.8 Å². The molecule has 0 saturated heterocycles. The number of ether oxygens (including phenoxy) is 2. The highest BCUT2D eigenvalue weighted by Crippen LogP contribution is 2.42. The molecular formula is C41H32F3N6O5+. The van der Waals surface area contributed by atoms with E-state index >= 15 is 0 Å². The molecule has 1 N–H and O–H groups in total. The summed E-state index contributed by atoms with van der Waals surface area (Å²) >= 11 is 0. The van der Waals surface area contributed by atoms with Crippen LogP contribution < -0.4 is 9.47 Å². The zero-order chi connectivity index (χ0) is 38.3. The standard InChI is InChI=1S/C41H32F3N6O5/c1-3-52-35-16-9-24(20-31(35)41(42,43)44)40-48-38(50-55-40)30-10-7-22(36-28(30)12-14-33(36)51)17-18-53-34-15-8-23(19-25(34)21-45)39-47-37(49-54-39)29-6-4-5-27-26(29)11-13-32(27)46-2/h2,4-10,15-16,19-20,32-33,51H,3,11-14,17-18H2,1H3/q+1. The molecule has 11 nitrogen and oxygen atoms in total. The van der Waals surface area contributed by atoms with Crippen LogP contribution in [0.2, 0.25) is 0 Å². The molecule has 2 aromatic heterocycles. The van der Waals surface area contributed by atoms with Gasteiger partial charge in [0.25, 0.3) is 24.4 Å². The number of rotatable bonds is 10. The van der Waals surface area contributed by atoms with E-state index in [-0.39, 0.29) is 53.7 Å². The normalized spacial score (nSPS) is 16.0. The van der Waals surface area contributed by atoms with E-state index in [9.17, 15) is 23.5 Å². The zero-order valence-electron chi connectivity index (χ0n) is 29.4. The zero-order valence-corrected chi connectivity index (χ0v) is 29.4. The number of hydrogen-bond donors (Lipinski definition) is 1. The van der Waals surface area contributed by atoms with Crippen molar-refractivity contribution in [2.45, 2.75) is 57.3 Å². The maximum atomic E-state index is 13.8. The van der Waals surface area contributed by atoms with Crippen LogP contribution in [-0.2, 0) is 25.4 Å². The Labute approximate surface area is 312 Å². The molecule has 276 valence electrons. The molecule has 55 heavy (non-hydrogen) atoms. The van der Waals surface area contributed by atoms with Crippen molar-refractivity contribution in [1.82, 2.24) is 20.3 Å². The van der Waals surface area contributed by atoms with Gasteiger partial charge in [-0.05, 0) is 84.8 Å². The number of alkyl halides is 3. The Hall–Kier alpha value is -6.51. The minimum atomic E-state index is -4.64. The highest BCUT2D eigenvalue weighted by molar-refractivity contribution is 5.69. The molecule has 8 rings (SSSR count). The van der Waals surface area contributed by atoms with Gasteiger partial charge < -0.3 is 23.6 Å². The third kappa shape index (κ3) is 6.66. The van der Waals surface area contributed by atoms with E-state index in [4.69, 9.17) is 25.1 Å². The van der Waals surface area contributed by atoms with Gasteiger partial charge in [-0.1, -0.05) is 45.5 Å². The molecule has 0 bridgehead atoms. The van der Waals surface area contributed by atoms with Crippen molar-refractivity contribution < 1.29 is 36.8 Å². The summed E-state index contributed by atoms with van der Waals surface area (Å²) in [5, 5.41) is 29.2. The number of hydrogen-bond acceptors (Lipinski definition) is 10. The van der Waals surface area contributed by atoms with Gasteiger partial charge in [0, 0.05) is 40.7 Å². The molecule has 2 atom stereocenters. The maximum absolute atomic E-state index is 13.8. The lowest BCUT2D eigenvalue weighted by atomic mass is 9.95. The van der Waals surface area contributed by atoms with E-state index in [2.05, 4.69) is 31.2 Å². The summed E-state index contributed by atoms with van der Waals surface area (Å²) in [4.78, 5) is 13.0. The van der Waals surface area contributed by atoms with Crippen molar-refractivity contribution in [2.75, 3.05) is 13.2 Å². The minimum absolute atomic E-state index is 0.0532. The first-order valence-corrected chi connectivity index (χ1v) is 17.7. The van der Waals surface area contributed by atoms with Crippen molar-refractivity contribution in [3.8, 4) is 69.8 Å². The predicted octanol–water partition coefficient (Wildman–Crippen LogP) is 8.96. The van der Waals surface area contributed by atoms with Crippen LogP contribution in [0.1, 0.15) is 70.9 Å². The molecule has 2 aliphatic carbocycles. The Kier molecular flexibility index (Phi) is 9.28. The predicted molar refractivity (Wildman–Crippen MR) is 193 cm³/mol. The number of fused-ring (bicyclic) bond motifs is 2. The smallest absolute Gasteiger partial charge is 0.419 e. The second-order valence-electron chi connectivity index (χ2n) is 13.2. The fourth-order valence-electron chi connectivity index (χ4n) is 7.46. The van der Waals surface area contributed by atoms with E-state index in [1.165, 1.54) is 12.1 Å². The highest BCUT2D eigenvalue weighted by Gasteiger charge is 2.36. The number of aliphatic hydroxyl groups is 1. The third-order valence-corrected chi connectivity index (χ3v) is 10.0. The van der Waals surface area contributed by atoms with Crippen LogP contribution in [0.5, 0.6) is 11.5 Å². The van der Waals surface area contributed by atoms with Gasteiger partial charge in [-0.2, -0.15) is 28.4 Å². The number of aliphatic hydroxyl groups excluding tert-OH is 1. The maximum Gasteiger partial charge on any atom is 0.419 e. The van der Waals surface area contributed by atoms with Crippen LogP contribution >= 0.6 is 0 Å². The fourth-order valence-corrected chi connectivity index (χ4v) is 7.46. The lowest BCUT2D eigenvalue weighted by molar-refractivity contribution is -0.138. The SMILES string of the molecule is C#[N+]C1CCc2c(-c3noc(-c4ccc(OCCc5ccc(-c6noc(-c7ccc(OCC)c(C(F)(F)F)c7)n6)c6c5C(O)CC6)c(C#N)c4)n3)cccc21. The Morgan fingerprint density at radius 1 is 0.891 bits per heavy atom. The van der Waals surface area contributed by atoms with Gasteiger partial charge in [0.05, 0.1) is 30.4 Å². The van der Waals surface area contributed by atoms with E-state index in [1.54, 1.807) is 25.1 Å². The molecule has 0 aliphatic heterocycles. The summed E-state index contributed by atoms with van der Waals surface area (Å²) in [5.41, 5.74) is 6.05. The van der Waals surface area contributed by atoms with E-state index < -0.39 is 17.8 Å². The first-order chi connectivity index (χ1) is 26.7. The largest absolute Gasteiger partial charge is 0.493 e. The summed E-state index contributed by atoms with van der Waals surface area (Å²) < 4.78 is 63.5. The van der Waals surface area contributed by atoms with Crippen LogP contribution in [0.4, 0.5) is 13.2 Å². The van der Waals surface area contributed by atoms with Crippen molar-refractivity contribution in [2.24, 2.45) is 0 Å². The van der Waals surface area contributed by atoms with Crippen LogP contribution in [-0.4, -0.2) is 38.6 Å². The van der Waals surface area contributed by atoms with Crippen LogP contribution in [0.3, 0.4) is 0 Å². The topological polar surface area (TPSA) is 145 Å². The summed E-state index contributed by atoms with van der Waals surface area (Å²) in [6.45, 7) is 7.49.